The molecule has 0 aliphatic rings. The first-order valence-corrected chi connectivity index (χ1v) is 10.8. The van der Waals surface area contributed by atoms with Crippen LogP contribution in [0.3, 0.4) is 0 Å². The highest BCUT2D eigenvalue weighted by Gasteiger charge is 2.00. The van der Waals surface area contributed by atoms with Gasteiger partial charge < -0.3 is 4.74 Å². The van der Waals surface area contributed by atoms with Crippen molar-refractivity contribution in [1.29, 1.82) is 0 Å². The van der Waals surface area contributed by atoms with Gasteiger partial charge in [0.05, 0.1) is 0 Å². The Bertz CT molecular complexity index is 250. The van der Waals surface area contributed by atoms with Crippen molar-refractivity contribution in [2.24, 2.45) is 0 Å². The largest absolute Gasteiger partial charge is 0.459 e. The third-order valence-electron chi connectivity index (χ3n) is 4.73. The molecule has 0 bridgehead atoms. The standard InChI is InChI=1S/C22H43O2/c1-3-5-6-7-8-9-10-11-12-13-14-15-16-17-18-19-20-21-22(23)24-4-2/h4H,3,5-21H2,1-2H3. The lowest BCUT2D eigenvalue weighted by atomic mass is 10.0. The molecule has 0 rings (SSSR count). The quantitative estimate of drug-likeness (QED) is 0.177. The van der Waals surface area contributed by atoms with E-state index in [4.69, 9.17) is 4.74 Å². The monoisotopic (exact) mass is 339 g/mol. The van der Waals surface area contributed by atoms with Crippen LogP contribution in [0.2, 0.25) is 0 Å². The number of hydrogen-bond acceptors (Lipinski definition) is 2. The zero-order chi connectivity index (χ0) is 17.7. The molecular weight excluding hydrogens is 296 g/mol. The van der Waals surface area contributed by atoms with Crippen LogP contribution in [0.25, 0.3) is 0 Å². The van der Waals surface area contributed by atoms with E-state index in [9.17, 15) is 4.79 Å². The molecule has 0 unspecified atom stereocenters. The molecule has 0 aliphatic carbocycles. The molecule has 2 heteroatoms. The van der Waals surface area contributed by atoms with Crippen molar-refractivity contribution in [2.45, 2.75) is 129 Å². The summed E-state index contributed by atoms with van der Waals surface area (Å²) in [6, 6.07) is 0. The normalized spacial score (nSPS) is 10.9. The Balaban J connectivity index is 3.01. The molecule has 0 N–H and O–H groups in total. The number of rotatable bonds is 19. The van der Waals surface area contributed by atoms with Gasteiger partial charge in [0.15, 0.2) is 0 Å². The van der Waals surface area contributed by atoms with E-state index < -0.39 is 0 Å². The minimum atomic E-state index is -0.0848. The first kappa shape index (κ1) is 23.5. The summed E-state index contributed by atoms with van der Waals surface area (Å²) in [7, 11) is 0. The molecule has 0 aromatic heterocycles. The fraction of sp³-hybridized carbons (Fsp3) is 0.909. The molecule has 0 fully saturated rings. The highest BCUT2D eigenvalue weighted by Crippen LogP contribution is 2.14. The van der Waals surface area contributed by atoms with Gasteiger partial charge in [0.1, 0.15) is 6.61 Å². The molecule has 0 spiro atoms. The maximum Gasteiger partial charge on any atom is 0.306 e. The molecule has 0 aromatic rings. The Labute approximate surface area is 152 Å². The van der Waals surface area contributed by atoms with Gasteiger partial charge >= 0.3 is 5.97 Å². The van der Waals surface area contributed by atoms with Crippen molar-refractivity contribution in [3.05, 3.63) is 6.61 Å². The lowest BCUT2D eigenvalue weighted by Gasteiger charge is -2.04. The van der Waals surface area contributed by atoms with Gasteiger partial charge in [-0.3, -0.25) is 4.79 Å². The summed E-state index contributed by atoms with van der Waals surface area (Å²) in [5.41, 5.74) is 0. The first-order chi connectivity index (χ1) is 11.8. The average Bonchev–Trinajstić information content (AvgIpc) is 2.58. The van der Waals surface area contributed by atoms with Gasteiger partial charge in [0.2, 0.25) is 0 Å². The van der Waals surface area contributed by atoms with Gasteiger partial charge in [-0.2, -0.15) is 0 Å². The predicted molar refractivity (Wildman–Crippen MR) is 105 cm³/mol. The van der Waals surface area contributed by atoms with E-state index in [2.05, 4.69) is 6.92 Å². The van der Waals surface area contributed by atoms with Crippen LogP contribution in [-0.2, 0) is 9.53 Å². The fourth-order valence-corrected chi connectivity index (χ4v) is 3.18. The van der Waals surface area contributed by atoms with Gasteiger partial charge in [-0.1, -0.05) is 110 Å². The first-order valence-electron chi connectivity index (χ1n) is 10.8. The SMILES string of the molecule is C[CH]OC(=O)CCCCCCCCCCCCCCCCCCC. The summed E-state index contributed by atoms with van der Waals surface area (Å²) in [5.74, 6) is -0.0848. The summed E-state index contributed by atoms with van der Waals surface area (Å²) in [6.45, 7) is 5.49. The molecule has 0 heterocycles. The average molecular weight is 340 g/mol. The van der Waals surface area contributed by atoms with Crippen molar-refractivity contribution in [1.82, 2.24) is 0 Å². The smallest absolute Gasteiger partial charge is 0.306 e. The summed E-state index contributed by atoms with van der Waals surface area (Å²) >= 11 is 0. The summed E-state index contributed by atoms with van der Waals surface area (Å²) in [5, 5.41) is 0. The number of unbranched alkanes of at least 4 members (excludes halogenated alkanes) is 16. The molecule has 0 aliphatic heterocycles. The van der Waals surface area contributed by atoms with E-state index in [1.807, 2.05) is 0 Å². The van der Waals surface area contributed by atoms with Crippen molar-refractivity contribution in [3.63, 3.8) is 0 Å². The van der Waals surface area contributed by atoms with Crippen molar-refractivity contribution in [2.75, 3.05) is 0 Å². The zero-order valence-electron chi connectivity index (χ0n) is 16.6. The lowest BCUT2D eigenvalue weighted by Crippen LogP contribution is -2.00. The second-order valence-electron chi connectivity index (χ2n) is 7.13. The predicted octanol–water partition coefficient (Wildman–Crippen LogP) is 7.75. The van der Waals surface area contributed by atoms with Gasteiger partial charge in [0.25, 0.3) is 0 Å². The Morgan fingerprint density at radius 1 is 0.625 bits per heavy atom. The molecule has 0 atom stereocenters. The summed E-state index contributed by atoms with van der Waals surface area (Å²) < 4.78 is 4.81. The zero-order valence-corrected chi connectivity index (χ0v) is 16.6. The van der Waals surface area contributed by atoms with E-state index in [0.717, 1.165) is 12.8 Å². The minimum Gasteiger partial charge on any atom is -0.459 e. The molecule has 0 amide bonds. The second-order valence-corrected chi connectivity index (χ2v) is 7.13. The Morgan fingerprint density at radius 3 is 1.29 bits per heavy atom. The highest BCUT2D eigenvalue weighted by molar-refractivity contribution is 5.69. The molecular formula is C22H43O2. The third kappa shape index (κ3) is 19.5. The van der Waals surface area contributed by atoms with Gasteiger partial charge in [-0.15, -0.1) is 0 Å². The van der Waals surface area contributed by atoms with Crippen molar-refractivity contribution < 1.29 is 9.53 Å². The molecule has 0 saturated heterocycles. The van der Waals surface area contributed by atoms with Crippen LogP contribution in [0.4, 0.5) is 0 Å². The molecule has 0 saturated carbocycles. The lowest BCUT2D eigenvalue weighted by molar-refractivity contribution is -0.140. The summed E-state index contributed by atoms with van der Waals surface area (Å²) in [4.78, 5) is 11.1. The maximum absolute atomic E-state index is 11.1. The molecule has 24 heavy (non-hydrogen) atoms. The molecule has 2 nitrogen and oxygen atoms in total. The van der Waals surface area contributed by atoms with Crippen LogP contribution in [0, 0.1) is 6.61 Å². The van der Waals surface area contributed by atoms with Crippen LogP contribution >= 0.6 is 0 Å². The van der Waals surface area contributed by atoms with E-state index in [1.54, 1.807) is 6.92 Å². The Morgan fingerprint density at radius 2 is 0.958 bits per heavy atom. The number of carbonyl (C=O) groups excluding carboxylic acids is 1. The van der Waals surface area contributed by atoms with Gasteiger partial charge in [0, 0.05) is 6.42 Å². The topological polar surface area (TPSA) is 26.3 Å². The van der Waals surface area contributed by atoms with E-state index in [0.29, 0.717) is 6.42 Å². The van der Waals surface area contributed by atoms with Crippen molar-refractivity contribution in [3.8, 4) is 0 Å². The Kier molecular flexibility index (Phi) is 20.1. The van der Waals surface area contributed by atoms with Crippen LogP contribution < -0.4 is 0 Å². The number of ether oxygens (including phenoxy) is 1. The Hall–Kier alpha value is -0.530. The molecule has 143 valence electrons. The van der Waals surface area contributed by atoms with Crippen molar-refractivity contribution >= 4 is 5.97 Å². The van der Waals surface area contributed by atoms with Crippen LogP contribution in [0.15, 0.2) is 0 Å². The van der Waals surface area contributed by atoms with Crippen LogP contribution in [0.5, 0.6) is 0 Å². The molecule has 0 aromatic carbocycles. The van der Waals surface area contributed by atoms with E-state index in [1.165, 1.54) is 103 Å². The van der Waals surface area contributed by atoms with Crippen LogP contribution in [0.1, 0.15) is 129 Å². The second kappa shape index (κ2) is 20.5. The fourth-order valence-electron chi connectivity index (χ4n) is 3.18. The third-order valence-corrected chi connectivity index (χ3v) is 4.73. The number of hydrogen-bond donors (Lipinski definition) is 0. The van der Waals surface area contributed by atoms with Gasteiger partial charge in [-0.05, 0) is 13.3 Å². The minimum absolute atomic E-state index is 0.0848. The maximum atomic E-state index is 11.1. The highest BCUT2D eigenvalue weighted by atomic mass is 16.5. The van der Waals surface area contributed by atoms with E-state index >= 15 is 0 Å². The number of esters is 1. The van der Waals surface area contributed by atoms with Crippen LogP contribution in [-0.4, -0.2) is 5.97 Å². The molecule has 1 radical (unpaired) electrons. The van der Waals surface area contributed by atoms with Gasteiger partial charge in [-0.25, -0.2) is 0 Å². The summed E-state index contributed by atoms with van der Waals surface area (Å²) in [6.07, 6.45) is 23.8. The van der Waals surface area contributed by atoms with E-state index in [-0.39, 0.29) is 5.97 Å². The number of carbonyl (C=O) groups is 1.